The van der Waals surface area contributed by atoms with Gasteiger partial charge in [-0.05, 0) is 28.1 Å². The van der Waals surface area contributed by atoms with Crippen molar-refractivity contribution in [3.8, 4) is 11.3 Å². The van der Waals surface area contributed by atoms with Gasteiger partial charge in [0.1, 0.15) is 5.82 Å². The first-order valence-corrected chi connectivity index (χ1v) is 5.91. The monoisotopic (exact) mass is 268 g/mol. The molecule has 2 rings (SSSR count). The molecule has 1 N–H and O–H groups in total. The maximum atomic E-state index is 4.46. The SMILES string of the molecule is CNc1cccc(-c2cscc2Br)n1. The van der Waals surface area contributed by atoms with Gasteiger partial charge < -0.3 is 5.32 Å². The zero-order chi connectivity index (χ0) is 9.97. The Morgan fingerprint density at radius 2 is 2.21 bits per heavy atom. The molecule has 2 aromatic rings. The van der Waals surface area contributed by atoms with Crippen molar-refractivity contribution in [2.24, 2.45) is 0 Å². The molecule has 0 bridgehead atoms. The molecule has 0 fully saturated rings. The van der Waals surface area contributed by atoms with Crippen molar-refractivity contribution < 1.29 is 0 Å². The molecule has 0 radical (unpaired) electrons. The number of aromatic nitrogens is 1. The summed E-state index contributed by atoms with van der Waals surface area (Å²) in [5, 5.41) is 7.17. The Labute approximate surface area is 95.1 Å². The Morgan fingerprint density at radius 3 is 2.86 bits per heavy atom. The highest BCUT2D eigenvalue weighted by molar-refractivity contribution is 9.10. The number of hydrogen-bond donors (Lipinski definition) is 1. The van der Waals surface area contributed by atoms with E-state index in [2.05, 4.69) is 37.0 Å². The Balaban J connectivity index is 2.47. The number of nitrogens with zero attached hydrogens (tertiary/aromatic N) is 1. The lowest BCUT2D eigenvalue weighted by molar-refractivity contribution is 1.29. The quantitative estimate of drug-likeness (QED) is 0.900. The van der Waals surface area contributed by atoms with Gasteiger partial charge in [0.25, 0.3) is 0 Å². The molecule has 0 unspecified atom stereocenters. The van der Waals surface area contributed by atoms with Gasteiger partial charge in [-0.15, -0.1) is 0 Å². The minimum Gasteiger partial charge on any atom is -0.373 e. The van der Waals surface area contributed by atoms with E-state index in [9.17, 15) is 0 Å². The van der Waals surface area contributed by atoms with Gasteiger partial charge in [-0.1, -0.05) is 6.07 Å². The van der Waals surface area contributed by atoms with Crippen molar-refractivity contribution >= 4 is 33.1 Å². The summed E-state index contributed by atoms with van der Waals surface area (Å²) in [5.74, 6) is 0.889. The summed E-state index contributed by atoms with van der Waals surface area (Å²) < 4.78 is 1.10. The van der Waals surface area contributed by atoms with Crippen LogP contribution in [0.3, 0.4) is 0 Å². The summed E-state index contributed by atoms with van der Waals surface area (Å²) in [5.41, 5.74) is 2.14. The molecule has 0 aliphatic rings. The van der Waals surface area contributed by atoms with Gasteiger partial charge in [0.15, 0.2) is 0 Å². The highest BCUT2D eigenvalue weighted by atomic mass is 79.9. The molecule has 72 valence electrons. The van der Waals surface area contributed by atoms with Crippen LogP contribution in [0.4, 0.5) is 5.82 Å². The third-order valence-electron chi connectivity index (χ3n) is 1.90. The molecule has 0 saturated heterocycles. The fourth-order valence-corrected chi connectivity index (χ4v) is 2.68. The summed E-state index contributed by atoms with van der Waals surface area (Å²) in [6.07, 6.45) is 0. The highest BCUT2D eigenvalue weighted by Gasteiger charge is 2.05. The molecule has 2 heterocycles. The van der Waals surface area contributed by atoms with Crippen LogP contribution < -0.4 is 5.32 Å². The number of thiophene rings is 1. The third kappa shape index (κ3) is 1.81. The summed E-state index contributed by atoms with van der Waals surface area (Å²) in [6.45, 7) is 0. The average Bonchev–Trinajstić information content (AvgIpc) is 2.65. The van der Waals surface area contributed by atoms with E-state index in [1.54, 1.807) is 11.3 Å². The second-order valence-corrected chi connectivity index (χ2v) is 4.39. The Kier molecular flexibility index (Phi) is 2.84. The van der Waals surface area contributed by atoms with E-state index in [0.717, 1.165) is 21.5 Å². The van der Waals surface area contributed by atoms with Crippen LogP contribution in [-0.4, -0.2) is 12.0 Å². The second-order valence-electron chi connectivity index (χ2n) is 2.79. The molecule has 0 aliphatic heterocycles. The van der Waals surface area contributed by atoms with Gasteiger partial charge in [-0.2, -0.15) is 11.3 Å². The highest BCUT2D eigenvalue weighted by Crippen LogP contribution is 2.30. The van der Waals surface area contributed by atoms with Gasteiger partial charge in [0.05, 0.1) is 5.69 Å². The average molecular weight is 269 g/mol. The molecular weight excluding hydrogens is 260 g/mol. The zero-order valence-electron chi connectivity index (χ0n) is 7.62. The molecule has 14 heavy (non-hydrogen) atoms. The van der Waals surface area contributed by atoms with Crippen LogP contribution in [0.25, 0.3) is 11.3 Å². The summed E-state index contributed by atoms with van der Waals surface area (Å²) in [7, 11) is 1.87. The number of halogens is 1. The minimum absolute atomic E-state index is 0.889. The molecule has 4 heteroatoms. The second kappa shape index (κ2) is 4.11. The van der Waals surface area contributed by atoms with Crippen molar-refractivity contribution in [2.45, 2.75) is 0 Å². The maximum absolute atomic E-state index is 4.46. The van der Waals surface area contributed by atoms with Crippen LogP contribution in [0.15, 0.2) is 33.4 Å². The van der Waals surface area contributed by atoms with Gasteiger partial charge >= 0.3 is 0 Å². The topological polar surface area (TPSA) is 24.9 Å². The molecule has 0 amide bonds. The molecule has 2 nitrogen and oxygen atoms in total. The van der Waals surface area contributed by atoms with E-state index in [0.29, 0.717) is 0 Å². The van der Waals surface area contributed by atoms with Crippen molar-refractivity contribution in [3.05, 3.63) is 33.4 Å². The minimum atomic E-state index is 0.889. The third-order valence-corrected chi connectivity index (χ3v) is 3.60. The zero-order valence-corrected chi connectivity index (χ0v) is 10.0. The smallest absolute Gasteiger partial charge is 0.126 e. The van der Waals surface area contributed by atoms with E-state index < -0.39 is 0 Å². The molecule has 2 aromatic heterocycles. The fraction of sp³-hybridized carbons (Fsp3) is 0.100. The lowest BCUT2D eigenvalue weighted by Crippen LogP contribution is -1.92. The maximum Gasteiger partial charge on any atom is 0.126 e. The predicted molar refractivity (Wildman–Crippen MR) is 64.8 cm³/mol. The molecule has 0 aliphatic carbocycles. The molecule has 0 atom stereocenters. The Bertz CT molecular complexity index is 439. The first-order valence-electron chi connectivity index (χ1n) is 4.18. The van der Waals surface area contributed by atoms with Crippen LogP contribution in [0.2, 0.25) is 0 Å². The van der Waals surface area contributed by atoms with Crippen LogP contribution in [-0.2, 0) is 0 Å². The van der Waals surface area contributed by atoms with Crippen LogP contribution in [0.1, 0.15) is 0 Å². The number of rotatable bonds is 2. The van der Waals surface area contributed by atoms with E-state index in [1.165, 1.54) is 0 Å². The predicted octanol–water partition coefficient (Wildman–Crippen LogP) is 3.61. The largest absolute Gasteiger partial charge is 0.373 e. The van der Waals surface area contributed by atoms with Crippen molar-refractivity contribution in [1.29, 1.82) is 0 Å². The van der Waals surface area contributed by atoms with Gasteiger partial charge in [-0.3, -0.25) is 0 Å². The Hall–Kier alpha value is -0.870. The summed E-state index contributed by atoms with van der Waals surface area (Å²) >= 11 is 5.17. The van der Waals surface area contributed by atoms with Gasteiger partial charge in [-0.25, -0.2) is 4.98 Å². The van der Waals surface area contributed by atoms with Crippen molar-refractivity contribution in [3.63, 3.8) is 0 Å². The number of pyridine rings is 1. The van der Waals surface area contributed by atoms with Gasteiger partial charge in [0, 0.05) is 27.8 Å². The summed E-state index contributed by atoms with van der Waals surface area (Å²) in [6, 6.07) is 5.95. The lowest BCUT2D eigenvalue weighted by Gasteiger charge is -2.02. The number of anilines is 1. The van der Waals surface area contributed by atoms with Crippen LogP contribution >= 0.6 is 27.3 Å². The normalized spacial score (nSPS) is 10.1. The van der Waals surface area contributed by atoms with E-state index >= 15 is 0 Å². The molecule has 0 spiro atoms. The van der Waals surface area contributed by atoms with Crippen LogP contribution in [0.5, 0.6) is 0 Å². The van der Waals surface area contributed by atoms with Crippen LogP contribution in [0, 0.1) is 0 Å². The molecule has 0 aromatic carbocycles. The van der Waals surface area contributed by atoms with Crippen molar-refractivity contribution in [2.75, 3.05) is 12.4 Å². The van der Waals surface area contributed by atoms with E-state index in [1.807, 2.05) is 25.2 Å². The molecular formula is C10H9BrN2S. The Morgan fingerprint density at radius 1 is 1.36 bits per heavy atom. The summed E-state index contributed by atoms with van der Waals surface area (Å²) in [4.78, 5) is 4.46. The number of hydrogen-bond acceptors (Lipinski definition) is 3. The first-order chi connectivity index (χ1) is 6.81. The molecule has 0 saturated carbocycles. The number of nitrogens with one attached hydrogen (secondary N) is 1. The lowest BCUT2D eigenvalue weighted by atomic mass is 10.2. The fourth-order valence-electron chi connectivity index (χ4n) is 1.19. The van der Waals surface area contributed by atoms with Crippen molar-refractivity contribution in [1.82, 2.24) is 4.98 Å². The van der Waals surface area contributed by atoms with E-state index in [-0.39, 0.29) is 0 Å². The standard InChI is InChI=1S/C10H9BrN2S/c1-12-10-4-2-3-9(13-10)7-5-14-6-8(7)11/h2-6H,1H3,(H,12,13). The van der Waals surface area contributed by atoms with E-state index in [4.69, 9.17) is 0 Å². The first kappa shape index (κ1) is 9.68. The van der Waals surface area contributed by atoms with Gasteiger partial charge in [0.2, 0.25) is 0 Å².